The molecule has 5 rings (SSSR count). The lowest BCUT2D eigenvalue weighted by molar-refractivity contribution is -0.152. The number of carbonyl (C=O) groups excluding carboxylic acids is 1. The van der Waals surface area contributed by atoms with Gasteiger partial charge in [-0.3, -0.25) is 14.7 Å². The fourth-order valence-corrected chi connectivity index (χ4v) is 6.13. The first-order valence-electron chi connectivity index (χ1n) is 11.7. The lowest BCUT2D eigenvalue weighted by Gasteiger charge is -2.56. The summed E-state index contributed by atoms with van der Waals surface area (Å²) in [5.41, 5.74) is 3.61. The maximum absolute atomic E-state index is 13.1. The minimum absolute atomic E-state index is 0.273. The van der Waals surface area contributed by atoms with Crippen LogP contribution in [0.2, 0.25) is 0 Å². The maximum Gasteiger partial charge on any atom is 0.223 e. The molecular formula is C26H33N3O2. The van der Waals surface area contributed by atoms with E-state index in [1.807, 2.05) is 12.3 Å². The van der Waals surface area contributed by atoms with E-state index < -0.39 is 0 Å². The summed E-state index contributed by atoms with van der Waals surface area (Å²) < 4.78 is 5.45. The van der Waals surface area contributed by atoms with Gasteiger partial charge < -0.3 is 9.64 Å². The molecule has 0 radical (unpaired) electrons. The summed E-state index contributed by atoms with van der Waals surface area (Å²) in [4.78, 5) is 22.6. The normalized spacial score (nSPS) is 28.3. The summed E-state index contributed by atoms with van der Waals surface area (Å²) in [7, 11) is 1.71. The molecule has 3 aliphatic heterocycles. The van der Waals surface area contributed by atoms with E-state index in [4.69, 9.17) is 4.74 Å². The van der Waals surface area contributed by atoms with Gasteiger partial charge in [-0.15, -0.1) is 0 Å². The van der Waals surface area contributed by atoms with Gasteiger partial charge in [-0.1, -0.05) is 18.2 Å². The van der Waals surface area contributed by atoms with Gasteiger partial charge in [-0.05, 0) is 73.8 Å². The zero-order chi connectivity index (χ0) is 21.4. The highest BCUT2D eigenvalue weighted by Crippen LogP contribution is 2.43. The van der Waals surface area contributed by atoms with Gasteiger partial charge in [0.15, 0.2) is 0 Å². The van der Waals surface area contributed by atoms with Crippen LogP contribution in [0.1, 0.15) is 42.5 Å². The number of pyridine rings is 1. The molecule has 3 aliphatic rings. The third kappa shape index (κ3) is 4.20. The van der Waals surface area contributed by atoms with Crippen LogP contribution in [0.25, 0.3) is 0 Å². The van der Waals surface area contributed by atoms with Gasteiger partial charge >= 0.3 is 0 Å². The van der Waals surface area contributed by atoms with Gasteiger partial charge in [0.05, 0.1) is 12.8 Å². The second kappa shape index (κ2) is 8.62. The van der Waals surface area contributed by atoms with E-state index in [1.54, 1.807) is 7.11 Å². The van der Waals surface area contributed by atoms with Gasteiger partial charge in [0, 0.05) is 44.3 Å². The van der Waals surface area contributed by atoms with Crippen molar-refractivity contribution in [2.75, 3.05) is 20.2 Å². The Balaban J connectivity index is 1.40. The number of benzene rings is 1. The molecule has 5 heteroatoms. The van der Waals surface area contributed by atoms with E-state index in [9.17, 15) is 4.79 Å². The summed E-state index contributed by atoms with van der Waals surface area (Å²) in [5.74, 6) is 2.35. The summed E-state index contributed by atoms with van der Waals surface area (Å²) >= 11 is 0. The van der Waals surface area contributed by atoms with Gasteiger partial charge in [-0.2, -0.15) is 0 Å². The number of hydrogen-bond donors (Lipinski definition) is 0. The summed E-state index contributed by atoms with van der Waals surface area (Å²) in [5, 5.41) is 0. The van der Waals surface area contributed by atoms with Crippen LogP contribution in [0.3, 0.4) is 0 Å². The molecule has 3 saturated heterocycles. The van der Waals surface area contributed by atoms with Crippen LogP contribution >= 0.6 is 0 Å². The maximum atomic E-state index is 13.1. The van der Waals surface area contributed by atoms with E-state index in [2.05, 4.69) is 52.0 Å². The smallest absolute Gasteiger partial charge is 0.223 e. The lowest BCUT2D eigenvalue weighted by atomic mass is 9.70. The zero-order valence-electron chi connectivity index (χ0n) is 18.7. The molecule has 2 bridgehead atoms. The molecule has 2 aromatic rings. The van der Waals surface area contributed by atoms with Crippen molar-refractivity contribution < 1.29 is 9.53 Å². The summed E-state index contributed by atoms with van der Waals surface area (Å²) in [6.45, 7) is 5.10. The monoisotopic (exact) mass is 419 g/mol. The van der Waals surface area contributed by atoms with E-state index in [1.165, 1.54) is 17.5 Å². The molecular weight excluding hydrogens is 386 g/mol. The molecule has 0 unspecified atom stereocenters. The summed E-state index contributed by atoms with van der Waals surface area (Å²) in [6, 6.07) is 13.3. The van der Waals surface area contributed by atoms with Crippen LogP contribution in [-0.2, 0) is 17.8 Å². The topological polar surface area (TPSA) is 45.7 Å². The number of nitrogens with zero attached hydrogens (tertiary/aromatic N) is 3. The number of aromatic nitrogens is 1. The first-order chi connectivity index (χ1) is 15.1. The number of amides is 1. The molecule has 1 amide bonds. The largest absolute Gasteiger partial charge is 0.497 e. The van der Waals surface area contributed by atoms with Crippen molar-refractivity contribution in [2.45, 2.75) is 57.7 Å². The number of piperidine rings is 3. The Labute approximate surface area is 185 Å². The van der Waals surface area contributed by atoms with Crippen LogP contribution in [0, 0.1) is 18.8 Å². The van der Waals surface area contributed by atoms with Crippen molar-refractivity contribution in [1.82, 2.24) is 14.8 Å². The number of aryl methyl sites for hydroxylation is 1. The number of ether oxygens (including phenoxy) is 1. The molecule has 164 valence electrons. The Morgan fingerprint density at radius 2 is 2.03 bits per heavy atom. The van der Waals surface area contributed by atoms with E-state index in [0.29, 0.717) is 30.2 Å². The van der Waals surface area contributed by atoms with Crippen LogP contribution in [0.4, 0.5) is 0 Å². The Morgan fingerprint density at radius 3 is 2.84 bits per heavy atom. The number of likely N-dealkylation sites (tertiary alicyclic amines) is 1. The molecule has 0 aliphatic carbocycles. The molecule has 1 aromatic heterocycles. The zero-order valence-corrected chi connectivity index (χ0v) is 18.7. The van der Waals surface area contributed by atoms with Crippen LogP contribution in [0.5, 0.6) is 5.75 Å². The first kappa shape index (κ1) is 20.5. The van der Waals surface area contributed by atoms with Crippen molar-refractivity contribution in [3.8, 4) is 5.75 Å². The highest BCUT2D eigenvalue weighted by Gasteiger charge is 2.49. The standard InChI is InChI=1S/C26H33N3O2/c1-18-9-10-22(27-14-18)17-28-15-20-13-21(16-28)25(29-24(20)7-4-8-26(29)30)12-19-5-3-6-23(11-19)31-2/h3,5-6,9-11,14,20-21,24-25H,4,7-8,12-13,15-17H2,1-2H3/t20-,21+,24+,25+/m1/s1. The number of hydrogen-bond acceptors (Lipinski definition) is 4. The predicted octanol–water partition coefficient (Wildman–Crippen LogP) is 3.84. The molecule has 1 aromatic carbocycles. The van der Waals surface area contributed by atoms with Crippen molar-refractivity contribution in [2.24, 2.45) is 11.8 Å². The van der Waals surface area contributed by atoms with Gasteiger partial charge in [0.2, 0.25) is 5.91 Å². The van der Waals surface area contributed by atoms with Gasteiger partial charge in [0.25, 0.3) is 0 Å². The average Bonchev–Trinajstić information content (AvgIpc) is 2.78. The number of fused-ring (bicyclic) bond motifs is 4. The van der Waals surface area contributed by atoms with Gasteiger partial charge in [-0.25, -0.2) is 0 Å². The van der Waals surface area contributed by atoms with E-state index in [0.717, 1.165) is 50.3 Å². The van der Waals surface area contributed by atoms with Crippen molar-refractivity contribution in [3.05, 3.63) is 59.4 Å². The molecule has 0 spiro atoms. The Morgan fingerprint density at radius 1 is 1.16 bits per heavy atom. The predicted molar refractivity (Wildman–Crippen MR) is 121 cm³/mol. The lowest BCUT2D eigenvalue weighted by Crippen LogP contribution is -2.65. The van der Waals surface area contributed by atoms with Crippen molar-refractivity contribution >= 4 is 5.91 Å². The SMILES string of the molecule is COc1cccc(C[C@H]2[C@H]3C[C@H](CN(Cc4ccc(C)cn4)C3)[C@@H]3CCCC(=O)N32)c1. The van der Waals surface area contributed by atoms with Crippen LogP contribution < -0.4 is 4.74 Å². The second-order valence-corrected chi connectivity index (χ2v) is 9.66. The first-order valence-corrected chi connectivity index (χ1v) is 11.7. The number of carbonyl (C=O) groups is 1. The number of rotatable bonds is 5. The quantitative estimate of drug-likeness (QED) is 0.739. The van der Waals surface area contributed by atoms with E-state index in [-0.39, 0.29) is 6.04 Å². The average molecular weight is 420 g/mol. The minimum atomic E-state index is 0.273. The van der Waals surface area contributed by atoms with Crippen molar-refractivity contribution in [3.63, 3.8) is 0 Å². The molecule has 3 fully saturated rings. The molecule has 0 N–H and O–H groups in total. The fraction of sp³-hybridized carbons (Fsp3) is 0.538. The molecule has 31 heavy (non-hydrogen) atoms. The summed E-state index contributed by atoms with van der Waals surface area (Å²) in [6.07, 6.45) is 7.00. The minimum Gasteiger partial charge on any atom is -0.497 e. The van der Waals surface area contributed by atoms with Crippen LogP contribution in [-0.4, -0.2) is 53.0 Å². The molecule has 0 saturated carbocycles. The second-order valence-electron chi connectivity index (χ2n) is 9.66. The Kier molecular flexibility index (Phi) is 5.70. The fourth-order valence-electron chi connectivity index (χ4n) is 6.13. The Hall–Kier alpha value is -2.40. The highest BCUT2D eigenvalue weighted by atomic mass is 16.5. The van der Waals surface area contributed by atoms with Gasteiger partial charge in [0.1, 0.15) is 5.75 Å². The highest BCUT2D eigenvalue weighted by molar-refractivity contribution is 5.78. The van der Waals surface area contributed by atoms with E-state index >= 15 is 0 Å². The molecule has 5 nitrogen and oxygen atoms in total. The van der Waals surface area contributed by atoms with Crippen molar-refractivity contribution in [1.29, 1.82) is 0 Å². The molecule has 4 atom stereocenters. The third-order valence-electron chi connectivity index (χ3n) is 7.51. The number of methoxy groups -OCH3 is 1. The molecule has 4 heterocycles. The van der Waals surface area contributed by atoms with Crippen LogP contribution in [0.15, 0.2) is 42.6 Å². The Bertz CT molecular complexity index is 929. The third-order valence-corrected chi connectivity index (χ3v) is 7.51.